The fraction of sp³-hybridized carbons (Fsp3) is 0.391. The molecule has 9 heteroatoms. The van der Waals surface area contributed by atoms with Crippen molar-refractivity contribution in [3.63, 3.8) is 0 Å². The van der Waals surface area contributed by atoms with E-state index in [2.05, 4.69) is 5.32 Å². The van der Waals surface area contributed by atoms with Crippen LogP contribution >= 0.6 is 11.3 Å². The van der Waals surface area contributed by atoms with Gasteiger partial charge in [0.2, 0.25) is 15.9 Å². The molecule has 0 aliphatic carbocycles. The maximum Gasteiger partial charge on any atom is 0.341 e. The second-order valence-corrected chi connectivity index (χ2v) is 10.7. The predicted octanol–water partition coefficient (Wildman–Crippen LogP) is 4.19. The molecule has 0 bridgehead atoms. The van der Waals surface area contributed by atoms with E-state index < -0.39 is 16.0 Å². The average molecular weight is 477 g/mol. The third-order valence-corrected chi connectivity index (χ3v) is 8.21. The molecule has 0 saturated carbocycles. The van der Waals surface area contributed by atoms with Gasteiger partial charge in [0, 0.05) is 29.3 Å². The zero-order valence-corrected chi connectivity index (χ0v) is 20.1. The molecule has 1 fully saturated rings. The van der Waals surface area contributed by atoms with E-state index in [0.717, 1.165) is 16.0 Å². The van der Waals surface area contributed by atoms with Gasteiger partial charge in [-0.2, -0.15) is 4.31 Å². The number of aryl methyl sites for hydroxylation is 1. The molecular weight excluding hydrogens is 448 g/mol. The molecule has 1 N–H and O–H groups in total. The van der Waals surface area contributed by atoms with Gasteiger partial charge in [-0.25, -0.2) is 13.2 Å². The normalized spacial score (nSPS) is 15.7. The minimum Gasteiger partial charge on any atom is -0.462 e. The summed E-state index contributed by atoms with van der Waals surface area (Å²) in [6.45, 7) is 6.26. The number of nitrogens with zero attached hydrogens (tertiary/aromatic N) is 1. The minimum absolute atomic E-state index is 0.200. The summed E-state index contributed by atoms with van der Waals surface area (Å²) in [5.74, 6) is -0.971. The summed E-state index contributed by atoms with van der Waals surface area (Å²) in [5.41, 5.74) is 2.01. The Bertz CT molecular complexity index is 1100. The molecule has 7 nitrogen and oxygen atoms in total. The van der Waals surface area contributed by atoms with Crippen molar-refractivity contribution < 1.29 is 22.7 Å². The largest absolute Gasteiger partial charge is 0.462 e. The van der Waals surface area contributed by atoms with Crippen LogP contribution in [0.1, 0.15) is 46.1 Å². The molecule has 1 aromatic heterocycles. The van der Waals surface area contributed by atoms with E-state index in [1.165, 1.54) is 21.1 Å². The number of rotatable bonds is 7. The Labute approximate surface area is 193 Å². The van der Waals surface area contributed by atoms with E-state index in [-0.39, 0.29) is 31.5 Å². The molecule has 32 heavy (non-hydrogen) atoms. The number of carbonyl (C=O) groups excluding carboxylic acids is 2. The molecular formula is C23H28N2O5S2. The van der Waals surface area contributed by atoms with Crippen LogP contribution in [0, 0.1) is 19.8 Å². The standard InChI is InChI=1S/C23H28N2O5S2/c1-4-30-23(27)20-16(2)17(3)31-22(20)24-21(26)19-10-13-25(14-11-19)32(28,29)15-12-18-8-6-5-7-9-18/h5-9,12,15,19H,4,10-11,13-14H2,1-3H3,(H,24,26)/b15-12+. The highest BCUT2D eigenvalue weighted by molar-refractivity contribution is 7.92. The Morgan fingerprint density at radius 3 is 2.47 bits per heavy atom. The van der Waals surface area contributed by atoms with Crippen LogP contribution in [0.15, 0.2) is 35.7 Å². The summed E-state index contributed by atoms with van der Waals surface area (Å²) in [6.07, 6.45) is 2.41. The number of ether oxygens (including phenoxy) is 1. The number of nitrogens with one attached hydrogen (secondary N) is 1. The van der Waals surface area contributed by atoms with Gasteiger partial charge < -0.3 is 10.1 Å². The number of carbonyl (C=O) groups is 2. The highest BCUT2D eigenvalue weighted by atomic mass is 32.2. The van der Waals surface area contributed by atoms with Crippen LogP contribution in [-0.2, 0) is 19.6 Å². The van der Waals surface area contributed by atoms with Crippen LogP contribution in [0.25, 0.3) is 6.08 Å². The van der Waals surface area contributed by atoms with Crippen molar-refractivity contribution in [1.82, 2.24) is 4.31 Å². The van der Waals surface area contributed by atoms with E-state index in [1.807, 2.05) is 44.2 Å². The maximum atomic E-state index is 12.8. The summed E-state index contributed by atoms with van der Waals surface area (Å²) < 4.78 is 31.8. The Kier molecular flexibility index (Phi) is 7.86. The van der Waals surface area contributed by atoms with Crippen molar-refractivity contribution in [2.45, 2.75) is 33.6 Å². The van der Waals surface area contributed by atoms with Gasteiger partial charge in [0.25, 0.3) is 0 Å². The lowest BCUT2D eigenvalue weighted by Crippen LogP contribution is -2.40. The number of sulfonamides is 1. The zero-order valence-electron chi connectivity index (χ0n) is 18.5. The van der Waals surface area contributed by atoms with Crippen LogP contribution in [0.2, 0.25) is 0 Å². The number of hydrogen-bond acceptors (Lipinski definition) is 6. The van der Waals surface area contributed by atoms with E-state index in [0.29, 0.717) is 23.4 Å². The van der Waals surface area contributed by atoms with Crippen molar-refractivity contribution in [2.24, 2.45) is 5.92 Å². The summed E-state index contributed by atoms with van der Waals surface area (Å²) in [5, 5.41) is 4.58. The van der Waals surface area contributed by atoms with Crippen LogP contribution in [-0.4, -0.2) is 44.3 Å². The lowest BCUT2D eigenvalue weighted by molar-refractivity contribution is -0.120. The van der Waals surface area contributed by atoms with Gasteiger partial charge in [0.15, 0.2) is 0 Å². The van der Waals surface area contributed by atoms with E-state index in [9.17, 15) is 18.0 Å². The topological polar surface area (TPSA) is 92.8 Å². The first kappa shape index (κ1) is 24.2. The van der Waals surface area contributed by atoms with Gasteiger partial charge in [-0.15, -0.1) is 11.3 Å². The van der Waals surface area contributed by atoms with E-state index >= 15 is 0 Å². The number of thiophene rings is 1. The monoisotopic (exact) mass is 476 g/mol. The summed E-state index contributed by atoms with van der Waals surface area (Å²) in [7, 11) is -3.55. The fourth-order valence-corrected chi connectivity index (χ4v) is 5.84. The third kappa shape index (κ3) is 5.65. The number of piperidine rings is 1. The van der Waals surface area contributed by atoms with Crippen molar-refractivity contribution in [2.75, 3.05) is 25.0 Å². The summed E-state index contributed by atoms with van der Waals surface area (Å²) in [4.78, 5) is 26.1. The smallest absolute Gasteiger partial charge is 0.341 e. The SMILES string of the molecule is CCOC(=O)c1c(NC(=O)C2CCN(S(=O)(=O)/C=C/c3ccccc3)CC2)sc(C)c1C. The van der Waals surface area contributed by atoms with E-state index in [4.69, 9.17) is 4.74 Å². The fourth-order valence-electron chi connectivity index (χ4n) is 3.57. The first-order valence-electron chi connectivity index (χ1n) is 10.5. The zero-order chi connectivity index (χ0) is 23.3. The third-order valence-electron chi connectivity index (χ3n) is 5.52. The van der Waals surface area contributed by atoms with Gasteiger partial charge in [0.05, 0.1) is 12.2 Å². The van der Waals surface area contributed by atoms with Crippen LogP contribution in [0.4, 0.5) is 5.00 Å². The van der Waals surface area contributed by atoms with Crippen LogP contribution in [0.3, 0.4) is 0 Å². The molecule has 172 valence electrons. The molecule has 2 aromatic rings. The molecule has 1 aromatic carbocycles. The second kappa shape index (κ2) is 10.4. The Hall–Kier alpha value is -2.49. The molecule has 0 atom stereocenters. The molecule has 1 aliphatic rings. The molecule has 1 amide bonds. The maximum absolute atomic E-state index is 12.8. The summed E-state index contributed by atoms with van der Waals surface area (Å²) in [6, 6.07) is 9.24. The second-order valence-electron chi connectivity index (χ2n) is 7.63. The first-order chi connectivity index (χ1) is 15.2. The molecule has 0 unspecified atom stereocenters. The Morgan fingerprint density at radius 1 is 1.19 bits per heavy atom. The minimum atomic E-state index is -3.55. The van der Waals surface area contributed by atoms with Gasteiger partial charge >= 0.3 is 5.97 Å². The van der Waals surface area contributed by atoms with Crippen molar-refractivity contribution in [3.8, 4) is 0 Å². The predicted molar refractivity (Wildman–Crippen MR) is 127 cm³/mol. The number of amides is 1. The highest BCUT2D eigenvalue weighted by Gasteiger charge is 2.31. The lowest BCUT2D eigenvalue weighted by atomic mass is 9.97. The molecule has 1 saturated heterocycles. The van der Waals surface area contributed by atoms with Crippen LogP contribution in [0.5, 0.6) is 0 Å². The van der Waals surface area contributed by atoms with Gasteiger partial charge in [0.1, 0.15) is 5.00 Å². The van der Waals surface area contributed by atoms with Crippen molar-refractivity contribution >= 4 is 44.3 Å². The molecule has 2 heterocycles. The Balaban J connectivity index is 1.62. The highest BCUT2D eigenvalue weighted by Crippen LogP contribution is 2.34. The number of hydrogen-bond donors (Lipinski definition) is 1. The van der Waals surface area contributed by atoms with Gasteiger partial charge in [-0.1, -0.05) is 30.3 Å². The average Bonchev–Trinajstić information content (AvgIpc) is 3.06. The molecule has 0 spiro atoms. The van der Waals surface area contributed by atoms with E-state index in [1.54, 1.807) is 13.0 Å². The Morgan fingerprint density at radius 2 is 1.84 bits per heavy atom. The van der Waals surface area contributed by atoms with Crippen molar-refractivity contribution in [1.29, 1.82) is 0 Å². The number of benzene rings is 1. The lowest BCUT2D eigenvalue weighted by Gasteiger charge is -2.29. The van der Waals surface area contributed by atoms with Gasteiger partial charge in [-0.3, -0.25) is 4.79 Å². The first-order valence-corrected chi connectivity index (χ1v) is 12.9. The number of esters is 1. The summed E-state index contributed by atoms with van der Waals surface area (Å²) >= 11 is 1.35. The molecule has 1 aliphatic heterocycles. The van der Waals surface area contributed by atoms with Gasteiger partial charge in [-0.05, 0) is 50.8 Å². The quantitative estimate of drug-likeness (QED) is 0.605. The van der Waals surface area contributed by atoms with Crippen molar-refractivity contribution in [3.05, 3.63) is 57.3 Å². The number of anilines is 1. The van der Waals surface area contributed by atoms with Crippen LogP contribution < -0.4 is 5.32 Å². The molecule has 0 radical (unpaired) electrons. The molecule has 3 rings (SSSR count).